The second-order valence-corrected chi connectivity index (χ2v) is 7.93. The van der Waals surface area contributed by atoms with E-state index < -0.39 is 18.0 Å². The Bertz CT molecular complexity index is 973. The van der Waals surface area contributed by atoms with E-state index in [2.05, 4.69) is 5.32 Å². The number of nitriles is 1. The maximum Gasteiger partial charge on any atom is 0.307 e. The number of nitrogens with zero attached hydrogens (tertiary/aromatic N) is 1. The first-order chi connectivity index (χ1) is 14.0. The normalized spacial score (nSPS) is 13.7. The number of fused-ring (bicyclic) bond motifs is 1. The minimum absolute atomic E-state index is 0.0372. The average Bonchev–Trinajstić information content (AvgIpc) is 3.18. The number of amides is 1. The molecule has 1 amide bonds. The molecule has 1 N–H and O–H groups in total. The highest BCUT2D eigenvalue weighted by Crippen LogP contribution is 2.24. The van der Waals surface area contributed by atoms with Gasteiger partial charge in [0, 0.05) is 12.0 Å². The Kier molecular flexibility index (Phi) is 6.78. The van der Waals surface area contributed by atoms with Crippen molar-refractivity contribution in [1.29, 1.82) is 5.26 Å². The van der Waals surface area contributed by atoms with E-state index in [0.29, 0.717) is 16.1 Å². The highest BCUT2D eigenvalue weighted by atomic mass is 32.1. The van der Waals surface area contributed by atoms with E-state index in [1.165, 1.54) is 35.8 Å². The van der Waals surface area contributed by atoms with Gasteiger partial charge < -0.3 is 10.1 Å². The third-order valence-electron chi connectivity index (χ3n) is 4.93. The zero-order valence-electron chi connectivity index (χ0n) is 16.2. The van der Waals surface area contributed by atoms with Gasteiger partial charge in [0.05, 0.1) is 12.0 Å². The lowest BCUT2D eigenvalue weighted by molar-refractivity contribution is -0.153. The predicted molar refractivity (Wildman–Crippen MR) is 110 cm³/mol. The van der Waals surface area contributed by atoms with Crippen molar-refractivity contribution in [3.63, 3.8) is 0 Å². The van der Waals surface area contributed by atoms with Crippen molar-refractivity contribution < 1.29 is 19.1 Å². The zero-order chi connectivity index (χ0) is 20.8. The molecule has 1 aromatic heterocycles. The number of ether oxygens (including phenoxy) is 1. The highest BCUT2D eigenvalue weighted by Gasteiger charge is 2.20. The third kappa shape index (κ3) is 5.30. The molecule has 0 aliphatic heterocycles. The molecule has 0 radical (unpaired) electrons. The number of nitrogens with one attached hydrogen (secondary N) is 1. The maximum atomic E-state index is 12.4. The van der Waals surface area contributed by atoms with E-state index in [0.717, 1.165) is 19.3 Å². The Hall–Kier alpha value is -2.98. The van der Waals surface area contributed by atoms with Crippen molar-refractivity contribution >= 4 is 34.0 Å². The summed E-state index contributed by atoms with van der Waals surface area (Å²) in [6.07, 6.45) is 3.29. The van der Waals surface area contributed by atoms with Crippen molar-refractivity contribution in [2.24, 2.45) is 0 Å². The van der Waals surface area contributed by atoms with E-state index in [1.807, 2.05) is 24.3 Å². The number of esters is 1. The van der Waals surface area contributed by atoms with Crippen LogP contribution in [0.1, 0.15) is 59.7 Å². The number of rotatable bonds is 7. The van der Waals surface area contributed by atoms with Gasteiger partial charge in [-0.15, -0.1) is 11.3 Å². The lowest BCUT2D eigenvalue weighted by atomic mass is 9.89. The largest absolute Gasteiger partial charge is 0.453 e. The van der Waals surface area contributed by atoms with Crippen LogP contribution in [-0.2, 0) is 27.2 Å². The standard InChI is InChI=1S/C22H22N2O4S/c1-14(21(27)24-22-18(13-23)10-11-29-22)28-20(26)9-8-19(25)17-7-6-15-4-2-3-5-16(15)12-17/h6-7,10-12,14H,2-5,8-9H2,1H3,(H,24,27)/t14-/m0/s1. The third-order valence-corrected chi connectivity index (χ3v) is 5.76. The molecule has 7 heteroatoms. The summed E-state index contributed by atoms with van der Waals surface area (Å²) in [5, 5.41) is 13.7. The summed E-state index contributed by atoms with van der Waals surface area (Å²) in [5.41, 5.74) is 3.50. The topological polar surface area (TPSA) is 96.3 Å². The van der Waals surface area contributed by atoms with Crippen LogP contribution in [0.15, 0.2) is 29.6 Å². The maximum absolute atomic E-state index is 12.4. The minimum atomic E-state index is -1.02. The average molecular weight is 410 g/mol. The lowest BCUT2D eigenvalue weighted by Crippen LogP contribution is -2.30. The van der Waals surface area contributed by atoms with E-state index in [1.54, 1.807) is 11.4 Å². The molecule has 0 saturated carbocycles. The van der Waals surface area contributed by atoms with Crippen LogP contribution in [0.2, 0.25) is 0 Å². The molecular weight excluding hydrogens is 388 g/mol. The second-order valence-electron chi connectivity index (χ2n) is 7.01. The monoisotopic (exact) mass is 410 g/mol. The molecule has 6 nitrogen and oxygen atoms in total. The number of carbonyl (C=O) groups excluding carboxylic acids is 3. The smallest absolute Gasteiger partial charge is 0.307 e. The number of thiophene rings is 1. The summed E-state index contributed by atoms with van der Waals surface area (Å²) < 4.78 is 5.13. The lowest BCUT2D eigenvalue weighted by Gasteiger charge is -2.16. The fourth-order valence-electron chi connectivity index (χ4n) is 3.28. The Balaban J connectivity index is 1.48. The molecule has 1 atom stereocenters. The summed E-state index contributed by atoms with van der Waals surface area (Å²) in [5.74, 6) is -1.23. The van der Waals surface area contributed by atoms with Crippen molar-refractivity contribution in [1.82, 2.24) is 0 Å². The van der Waals surface area contributed by atoms with Crippen LogP contribution in [0.5, 0.6) is 0 Å². The van der Waals surface area contributed by atoms with Crippen LogP contribution in [0, 0.1) is 11.3 Å². The van der Waals surface area contributed by atoms with Crippen molar-refractivity contribution in [3.8, 4) is 6.07 Å². The molecule has 0 saturated heterocycles. The fourth-order valence-corrected chi connectivity index (χ4v) is 4.02. The Morgan fingerprint density at radius 3 is 2.69 bits per heavy atom. The molecule has 29 heavy (non-hydrogen) atoms. The van der Waals surface area contributed by atoms with Gasteiger partial charge in [-0.25, -0.2) is 0 Å². The summed E-state index contributed by atoms with van der Waals surface area (Å²) in [4.78, 5) is 36.6. The number of hydrogen-bond acceptors (Lipinski definition) is 6. The highest BCUT2D eigenvalue weighted by molar-refractivity contribution is 7.14. The van der Waals surface area contributed by atoms with Gasteiger partial charge in [-0.05, 0) is 61.2 Å². The first kappa shape index (κ1) is 20.7. The fraction of sp³-hybridized carbons (Fsp3) is 0.364. The molecule has 1 aromatic carbocycles. The molecule has 3 rings (SSSR count). The molecule has 1 aliphatic rings. The van der Waals surface area contributed by atoms with Crippen LogP contribution < -0.4 is 5.32 Å². The SMILES string of the molecule is C[C@H](OC(=O)CCC(=O)c1ccc2c(c1)CCCC2)C(=O)Nc1sccc1C#N. The second kappa shape index (κ2) is 9.48. The molecule has 1 aliphatic carbocycles. The number of carbonyl (C=O) groups is 3. The van der Waals surface area contributed by atoms with Crippen molar-refractivity contribution in [2.75, 3.05) is 5.32 Å². The van der Waals surface area contributed by atoms with Gasteiger partial charge in [0.2, 0.25) is 0 Å². The van der Waals surface area contributed by atoms with E-state index in [-0.39, 0.29) is 18.6 Å². The summed E-state index contributed by atoms with van der Waals surface area (Å²) in [6, 6.07) is 9.34. The van der Waals surface area contributed by atoms with Crippen molar-refractivity contribution in [2.45, 2.75) is 51.6 Å². The molecule has 0 fully saturated rings. The molecule has 1 heterocycles. The minimum Gasteiger partial charge on any atom is -0.453 e. The Morgan fingerprint density at radius 1 is 1.17 bits per heavy atom. The van der Waals surface area contributed by atoms with E-state index >= 15 is 0 Å². The first-order valence-electron chi connectivity index (χ1n) is 9.61. The van der Waals surface area contributed by atoms with Gasteiger partial charge in [0.15, 0.2) is 11.9 Å². The van der Waals surface area contributed by atoms with Gasteiger partial charge >= 0.3 is 5.97 Å². The summed E-state index contributed by atoms with van der Waals surface area (Å²) in [7, 11) is 0. The molecule has 2 aromatic rings. The van der Waals surface area contributed by atoms with Crippen LogP contribution in [0.4, 0.5) is 5.00 Å². The van der Waals surface area contributed by atoms with Crippen molar-refractivity contribution in [3.05, 3.63) is 51.9 Å². The number of Topliss-reactive ketones (excluding diaryl/α,β-unsaturated/α-hetero) is 1. The molecule has 0 spiro atoms. The van der Waals surface area contributed by atoms with Gasteiger partial charge in [-0.1, -0.05) is 12.1 Å². The van der Waals surface area contributed by atoms with Crippen LogP contribution >= 0.6 is 11.3 Å². The Morgan fingerprint density at radius 2 is 1.93 bits per heavy atom. The number of aryl methyl sites for hydroxylation is 2. The van der Waals surface area contributed by atoms with Gasteiger partial charge in [0.1, 0.15) is 11.1 Å². The number of ketones is 1. The summed E-state index contributed by atoms with van der Waals surface area (Å²) >= 11 is 1.22. The predicted octanol–water partition coefficient (Wildman–Crippen LogP) is 4.03. The van der Waals surface area contributed by atoms with Crippen LogP contribution in [-0.4, -0.2) is 23.8 Å². The molecule has 0 bridgehead atoms. The zero-order valence-corrected chi connectivity index (χ0v) is 17.0. The summed E-state index contributed by atoms with van der Waals surface area (Å²) in [6.45, 7) is 1.46. The van der Waals surface area contributed by atoms with E-state index in [4.69, 9.17) is 10.00 Å². The number of benzene rings is 1. The van der Waals surface area contributed by atoms with Gasteiger partial charge in [-0.2, -0.15) is 5.26 Å². The first-order valence-corrected chi connectivity index (χ1v) is 10.5. The van der Waals surface area contributed by atoms with E-state index in [9.17, 15) is 14.4 Å². The number of hydrogen-bond donors (Lipinski definition) is 1. The number of anilines is 1. The van der Waals surface area contributed by atoms with Crippen LogP contribution in [0.25, 0.3) is 0 Å². The van der Waals surface area contributed by atoms with Gasteiger partial charge in [0.25, 0.3) is 5.91 Å². The Labute approximate surface area is 173 Å². The molecule has 0 unspecified atom stereocenters. The molecule has 150 valence electrons. The van der Waals surface area contributed by atoms with Gasteiger partial charge in [-0.3, -0.25) is 14.4 Å². The van der Waals surface area contributed by atoms with Crippen LogP contribution in [0.3, 0.4) is 0 Å². The quantitative estimate of drug-likeness (QED) is 0.549. The molecular formula is C22H22N2O4S.